The van der Waals surface area contributed by atoms with Crippen molar-refractivity contribution in [3.05, 3.63) is 29.3 Å². The van der Waals surface area contributed by atoms with E-state index in [9.17, 15) is 4.79 Å². The SMILES string of the molecule is CCc1cccc(C(=O)O)c1S.[H-].[Hg].[Na+]. The summed E-state index contributed by atoms with van der Waals surface area (Å²) in [4.78, 5) is 11.2. The van der Waals surface area contributed by atoms with Crippen molar-refractivity contribution >= 4 is 18.6 Å². The summed E-state index contributed by atoms with van der Waals surface area (Å²) in [6.07, 6.45) is 0.806. The van der Waals surface area contributed by atoms with Crippen LogP contribution in [0.3, 0.4) is 0 Å². The third-order valence-electron chi connectivity index (χ3n) is 1.73. The maximum Gasteiger partial charge on any atom is 1.00 e. The minimum Gasteiger partial charge on any atom is -1.00 e. The fourth-order valence-electron chi connectivity index (χ4n) is 1.05. The molecule has 5 heteroatoms. The van der Waals surface area contributed by atoms with E-state index in [0.717, 1.165) is 12.0 Å². The molecular formula is C9H11HgNaO2S. The maximum atomic E-state index is 10.6. The van der Waals surface area contributed by atoms with Crippen molar-refractivity contribution in [3.8, 4) is 0 Å². The summed E-state index contributed by atoms with van der Waals surface area (Å²) in [7, 11) is 0. The summed E-state index contributed by atoms with van der Waals surface area (Å²) in [5.74, 6) is -0.921. The van der Waals surface area contributed by atoms with E-state index in [1.54, 1.807) is 12.1 Å². The number of carboxylic acid groups (broad SMARTS) is 1. The van der Waals surface area contributed by atoms with Crippen molar-refractivity contribution in [2.24, 2.45) is 0 Å². The van der Waals surface area contributed by atoms with Crippen LogP contribution in [0.4, 0.5) is 0 Å². The third-order valence-corrected chi connectivity index (χ3v) is 2.26. The van der Waals surface area contributed by atoms with Crippen LogP contribution >= 0.6 is 12.6 Å². The second kappa shape index (κ2) is 8.16. The number of carbonyl (C=O) groups is 1. The van der Waals surface area contributed by atoms with Gasteiger partial charge in [-0.15, -0.1) is 12.6 Å². The average Bonchev–Trinajstić information content (AvgIpc) is 2.04. The van der Waals surface area contributed by atoms with Crippen molar-refractivity contribution in [2.45, 2.75) is 18.2 Å². The zero-order valence-electron chi connectivity index (χ0n) is 9.45. The van der Waals surface area contributed by atoms with Crippen molar-refractivity contribution in [3.63, 3.8) is 0 Å². The molecule has 0 aliphatic heterocycles. The molecule has 0 aliphatic rings. The van der Waals surface area contributed by atoms with Gasteiger partial charge in [-0.05, 0) is 18.1 Å². The topological polar surface area (TPSA) is 37.3 Å². The van der Waals surface area contributed by atoms with Gasteiger partial charge in [0.05, 0.1) is 5.56 Å². The van der Waals surface area contributed by atoms with E-state index in [-0.39, 0.29) is 64.2 Å². The fourth-order valence-corrected chi connectivity index (χ4v) is 1.45. The molecule has 0 saturated carbocycles. The Hall–Kier alpha value is 0.975. The summed E-state index contributed by atoms with van der Waals surface area (Å²) in [5.41, 5.74) is 1.25. The zero-order chi connectivity index (χ0) is 9.14. The molecule has 1 N–H and O–H groups in total. The van der Waals surface area contributed by atoms with E-state index in [2.05, 4.69) is 12.6 Å². The minimum atomic E-state index is -0.921. The van der Waals surface area contributed by atoms with E-state index >= 15 is 0 Å². The number of aromatic carboxylic acids is 1. The number of rotatable bonds is 2. The predicted octanol–water partition coefficient (Wildman–Crippen LogP) is -0.650. The second-order valence-corrected chi connectivity index (χ2v) is 2.92. The number of carboxylic acids is 1. The van der Waals surface area contributed by atoms with Crippen LogP contribution in [0.25, 0.3) is 0 Å². The quantitative estimate of drug-likeness (QED) is 0.506. The molecule has 68 valence electrons. The van der Waals surface area contributed by atoms with Gasteiger partial charge in [0.1, 0.15) is 0 Å². The van der Waals surface area contributed by atoms with Crippen LogP contribution in [-0.4, -0.2) is 11.1 Å². The fraction of sp³-hybridized carbons (Fsp3) is 0.222. The van der Waals surface area contributed by atoms with Gasteiger partial charge in [-0.3, -0.25) is 0 Å². The number of benzene rings is 1. The van der Waals surface area contributed by atoms with Gasteiger partial charge in [0.15, 0.2) is 0 Å². The molecule has 0 spiro atoms. The van der Waals surface area contributed by atoms with E-state index in [1.165, 1.54) is 0 Å². The van der Waals surface area contributed by atoms with Crippen LogP contribution in [0.5, 0.6) is 0 Å². The third kappa shape index (κ3) is 4.23. The Morgan fingerprint density at radius 1 is 1.57 bits per heavy atom. The standard InChI is InChI=1S/C9H10O2S.Hg.Na.H/c1-2-6-4-3-5-7(8(6)12)9(10)11;;;/h3-5,12H,2H2,1H3,(H,10,11);;;/q;;+1;-1. The van der Waals surface area contributed by atoms with Gasteiger partial charge in [-0.2, -0.15) is 0 Å². The molecule has 0 amide bonds. The second-order valence-electron chi connectivity index (χ2n) is 2.47. The molecule has 0 aromatic heterocycles. The number of thiol groups is 1. The molecule has 0 fully saturated rings. The van der Waals surface area contributed by atoms with Crippen LogP contribution in [0, 0.1) is 0 Å². The van der Waals surface area contributed by atoms with Crippen LogP contribution in [0.1, 0.15) is 24.3 Å². The Balaban J connectivity index is -0.000000480. The van der Waals surface area contributed by atoms with Gasteiger partial charge in [0, 0.05) is 32.6 Å². The Labute approximate surface area is 133 Å². The zero-order valence-corrected chi connectivity index (χ0v) is 16.8. The van der Waals surface area contributed by atoms with Crippen LogP contribution in [0.15, 0.2) is 23.1 Å². The summed E-state index contributed by atoms with van der Waals surface area (Å²) < 4.78 is 0. The normalized spacial score (nSPS) is 8.43. The largest absolute Gasteiger partial charge is 1.00 e. The average molecular weight is 407 g/mol. The molecule has 0 saturated heterocycles. The van der Waals surface area contributed by atoms with Crippen LogP contribution in [0.2, 0.25) is 0 Å². The number of aryl methyl sites for hydroxylation is 1. The van der Waals surface area contributed by atoms with Gasteiger partial charge in [0.2, 0.25) is 0 Å². The van der Waals surface area contributed by atoms with Gasteiger partial charge >= 0.3 is 35.5 Å². The van der Waals surface area contributed by atoms with E-state index in [0.29, 0.717) is 4.90 Å². The van der Waals surface area contributed by atoms with E-state index < -0.39 is 5.97 Å². The summed E-state index contributed by atoms with van der Waals surface area (Å²) in [6, 6.07) is 5.18. The first-order valence-corrected chi connectivity index (χ1v) is 4.15. The Morgan fingerprint density at radius 3 is 2.57 bits per heavy atom. The molecule has 0 atom stereocenters. The predicted molar refractivity (Wildman–Crippen MR) is 51.1 cm³/mol. The molecule has 0 heterocycles. The molecular weight excluding hydrogens is 396 g/mol. The van der Waals surface area contributed by atoms with Gasteiger partial charge in [-0.1, -0.05) is 19.1 Å². The molecule has 1 rings (SSSR count). The molecule has 1 aromatic rings. The molecule has 0 bridgehead atoms. The first kappa shape index (κ1) is 17.4. The summed E-state index contributed by atoms with van der Waals surface area (Å²) in [5, 5.41) is 8.74. The summed E-state index contributed by atoms with van der Waals surface area (Å²) >= 11 is 4.15. The van der Waals surface area contributed by atoms with Crippen molar-refractivity contribution in [1.29, 1.82) is 0 Å². The maximum absolute atomic E-state index is 10.6. The Bertz CT molecular complexity index is 323. The molecule has 0 aliphatic carbocycles. The molecule has 0 radical (unpaired) electrons. The van der Waals surface area contributed by atoms with E-state index in [4.69, 9.17) is 5.11 Å². The van der Waals surface area contributed by atoms with Crippen molar-refractivity contribution < 1.29 is 68.6 Å². The molecule has 2 nitrogen and oxygen atoms in total. The first-order chi connectivity index (χ1) is 5.66. The van der Waals surface area contributed by atoms with Gasteiger partial charge < -0.3 is 6.53 Å². The van der Waals surface area contributed by atoms with Crippen molar-refractivity contribution in [1.82, 2.24) is 0 Å². The van der Waals surface area contributed by atoms with Gasteiger partial charge in [0.25, 0.3) is 0 Å². The molecule has 0 unspecified atom stereocenters. The Morgan fingerprint density at radius 2 is 2.14 bits per heavy atom. The van der Waals surface area contributed by atoms with Gasteiger partial charge in [-0.25, -0.2) is 4.79 Å². The monoisotopic (exact) mass is 408 g/mol. The molecule has 14 heavy (non-hydrogen) atoms. The number of hydrogen-bond donors (Lipinski definition) is 2. The van der Waals surface area contributed by atoms with E-state index in [1.807, 2.05) is 13.0 Å². The smallest absolute Gasteiger partial charge is 1.00 e. The van der Waals surface area contributed by atoms with Crippen LogP contribution in [-0.2, 0) is 34.1 Å². The minimum absolute atomic E-state index is 0. The number of hydrogen-bond acceptors (Lipinski definition) is 2. The molecule has 1 aromatic carbocycles. The van der Waals surface area contributed by atoms with Crippen LogP contribution < -0.4 is 29.6 Å². The van der Waals surface area contributed by atoms with Crippen molar-refractivity contribution in [2.75, 3.05) is 0 Å². The first-order valence-electron chi connectivity index (χ1n) is 3.71. The summed E-state index contributed by atoms with van der Waals surface area (Å²) in [6.45, 7) is 1.97. The Kier molecular flexibility index (Phi) is 10.1.